The summed E-state index contributed by atoms with van der Waals surface area (Å²) in [4.78, 5) is 24.5. The van der Waals surface area contributed by atoms with E-state index in [0.29, 0.717) is 5.76 Å². The van der Waals surface area contributed by atoms with E-state index < -0.39 is 18.0 Å². The summed E-state index contributed by atoms with van der Waals surface area (Å²) in [6.07, 6.45) is 5.00. The molecule has 118 valence electrons. The molecule has 2 aliphatic rings. The van der Waals surface area contributed by atoms with Gasteiger partial charge in [0.05, 0.1) is 25.4 Å². The Kier molecular flexibility index (Phi) is 4.02. The van der Waals surface area contributed by atoms with Gasteiger partial charge in [0.15, 0.2) is 6.10 Å². The Labute approximate surface area is 133 Å². The lowest BCUT2D eigenvalue weighted by molar-refractivity contribution is -0.140. The molecule has 0 spiro atoms. The van der Waals surface area contributed by atoms with E-state index in [2.05, 4.69) is 0 Å². The Morgan fingerprint density at radius 1 is 1.13 bits per heavy atom. The van der Waals surface area contributed by atoms with Crippen molar-refractivity contribution in [2.75, 3.05) is 14.2 Å². The van der Waals surface area contributed by atoms with Crippen LogP contribution in [0.15, 0.2) is 53.6 Å². The van der Waals surface area contributed by atoms with E-state index in [1.807, 2.05) is 30.3 Å². The van der Waals surface area contributed by atoms with E-state index in [0.717, 1.165) is 11.1 Å². The fraction of sp³-hybridized carbons (Fsp3) is 0.222. The van der Waals surface area contributed by atoms with E-state index in [-0.39, 0.29) is 17.6 Å². The zero-order valence-corrected chi connectivity index (χ0v) is 12.9. The van der Waals surface area contributed by atoms with Crippen molar-refractivity contribution in [1.29, 1.82) is 0 Å². The van der Waals surface area contributed by atoms with Crippen LogP contribution in [-0.2, 0) is 23.8 Å². The Balaban J connectivity index is 2.26. The van der Waals surface area contributed by atoms with Crippen LogP contribution in [0.5, 0.6) is 0 Å². The lowest BCUT2D eigenvalue weighted by Gasteiger charge is -2.17. The lowest BCUT2D eigenvalue weighted by Crippen LogP contribution is -2.19. The number of allylic oxidation sites excluding steroid dienone is 3. The largest absolute Gasteiger partial charge is 0.480 e. The number of rotatable bonds is 2. The first-order valence-corrected chi connectivity index (χ1v) is 7.19. The lowest BCUT2D eigenvalue weighted by atomic mass is 9.93. The average molecular weight is 312 g/mol. The van der Waals surface area contributed by atoms with Gasteiger partial charge in [0.1, 0.15) is 5.76 Å². The maximum absolute atomic E-state index is 12.4. The van der Waals surface area contributed by atoms with Crippen molar-refractivity contribution in [3.8, 4) is 0 Å². The van der Waals surface area contributed by atoms with Crippen LogP contribution in [0.25, 0.3) is 5.76 Å². The third kappa shape index (κ3) is 2.54. The highest BCUT2D eigenvalue weighted by Gasteiger charge is 2.38. The van der Waals surface area contributed by atoms with Crippen LogP contribution in [-0.4, -0.2) is 26.2 Å². The minimum absolute atomic E-state index is 0.182. The van der Waals surface area contributed by atoms with E-state index in [9.17, 15) is 9.59 Å². The number of hydrogen-bond donors (Lipinski definition) is 0. The van der Waals surface area contributed by atoms with Gasteiger partial charge in [-0.15, -0.1) is 0 Å². The first-order valence-electron chi connectivity index (χ1n) is 7.19. The van der Waals surface area contributed by atoms with Crippen molar-refractivity contribution in [3.63, 3.8) is 0 Å². The molecule has 0 N–H and O–H groups in total. The molecule has 2 bridgehead atoms. The van der Waals surface area contributed by atoms with Gasteiger partial charge in [0.2, 0.25) is 0 Å². The molecule has 1 unspecified atom stereocenters. The number of ether oxygens (including phenoxy) is 3. The van der Waals surface area contributed by atoms with Crippen molar-refractivity contribution >= 4 is 17.7 Å². The van der Waals surface area contributed by atoms with E-state index in [1.165, 1.54) is 14.2 Å². The van der Waals surface area contributed by atoms with Crippen molar-refractivity contribution in [3.05, 3.63) is 64.8 Å². The van der Waals surface area contributed by atoms with Gasteiger partial charge in [-0.25, -0.2) is 9.59 Å². The summed E-state index contributed by atoms with van der Waals surface area (Å²) in [6.45, 7) is 0. The van der Waals surface area contributed by atoms with Gasteiger partial charge in [-0.05, 0) is 12.5 Å². The van der Waals surface area contributed by atoms with Crippen molar-refractivity contribution in [2.24, 2.45) is 0 Å². The minimum atomic E-state index is -0.682. The molecule has 0 aliphatic carbocycles. The van der Waals surface area contributed by atoms with E-state index in [1.54, 1.807) is 12.2 Å². The third-order valence-electron chi connectivity index (χ3n) is 3.88. The van der Waals surface area contributed by atoms with Crippen LogP contribution in [0.3, 0.4) is 0 Å². The zero-order valence-electron chi connectivity index (χ0n) is 12.9. The predicted octanol–water partition coefficient (Wildman–Crippen LogP) is 2.70. The Morgan fingerprint density at radius 2 is 1.87 bits per heavy atom. The monoisotopic (exact) mass is 312 g/mol. The fourth-order valence-electron chi connectivity index (χ4n) is 2.81. The second kappa shape index (κ2) is 6.12. The van der Waals surface area contributed by atoms with Crippen LogP contribution in [0.1, 0.15) is 23.7 Å². The average Bonchev–Trinajstić information content (AvgIpc) is 2.98. The van der Waals surface area contributed by atoms with Crippen LogP contribution >= 0.6 is 0 Å². The minimum Gasteiger partial charge on any atom is -0.480 e. The summed E-state index contributed by atoms with van der Waals surface area (Å²) in [5.41, 5.74) is 2.15. The predicted molar refractivity (Wildman–Crippen MR) is 83.1 cm³/mol. The molecule has 1 aromatic carbocycles. The summed E-state index contributed by atoms with van der Waals surface area (Å²) in [7, 11) is 2.57. The second-order valence-corrected chi connectivity index (χ2v) is 5.12. The quantitative estimate of drug-likeness (QED) is 0.786. The van der Waals surface area contributed by atoms with Crippen LogP contribution in [0.2, 0.25) is 0 Å². The Hall–Kier alpha value is -2.82. The highest BCUT2D eigenvalue weighted by atomic mass is 16.5. The normalized spacial score (nSPS) is 25.7. The van der Waals surface area contributed by atoms with Crippen LogP contribution in [0, 0.1) is 0 Å². The second-order valence-electron chi connectivity index (χ2n) is 5.12. The molecule has 2 aliphatic heterocycles. The molecule has 5 nitrogen and oxygen atoms in total. The Bertz CT molecular complexity index is 754. The fourth-order valence-corrected chi connectivity index (χ4v) is 2.81. The molecule has 1 atom stereocenters. The van der Waals surface area contributed by atoms with Gasteiger partial charge in [0.25, 0.3) is 0 Å². The van der Waals surface area contributed by atoms with Crippen LogP contribution < -0.4 is 0 Å². The number of hydrogen-bond acceptors (Lipinski definition) is 5. The van der Waals surface area contributed by atoms with Gasteiger partial charge in [-0.3, -0.25) is 0 Å². The van der Waals surface area contributed by atoms with E-state index >= 15 is 0 Å². The number of methoxy groups -OCH3 is 2. The topological polar surface area (TPSA) is 61.8 Å². The summed E-state index contributed by atoms with van der Waals surface area (Å²) in [5.74, 6) is -0.498. The van der Waals surface area contributed by atoms with Gasteiger partial charge >= 0.3 is 11.9 Å². The highest BCUT2D eigenvalue weighted by molar-refractivity contribution is 6.02. The standard InChI is InChI=1S/C18H16O5/c1-21-17(19)13-9-5-6-10-14-11-7-3-4-8-12(11)16(23-14)15(13)18(20)22-2/h3-8,10,16H,9H2,1-2H3/b6-5-,14-10-,15-13-. The maximum Gasteiger partial charge on any atom is 0.338 e. The summed E-state index contributed by atoms with van der Waals surface area (Å²) in [5, 5.41) is 0. The summed E-state index contributed by atoms with van der Waals surface area (Å²) in [6, 6.07) is 7.57. The molecule has 0 aromatic heterocycles. The molecule has 0 saturated heterocycles. The number of fused-ring (bicyclic) bond motifs is 5. The first-order chi connectivity index (χ1) is 11.2. The molecule has 23 heavy (non-hydrogen) atoms. The smallest absolute Gasteiger partial charge is 0.338 e. The van der Waals surface area contributed by atoms with Crippen LogP contribution in [0.4, 0.5) is 0 Å². The van der Waals surface area contributed by atoms with Gasteiger partial charge in [-0.1, -0.05) is 36.4 Å². The molecule has 2 heterocycles. The maximum atomic E-state index is 12.4. The number of carbonyl (C=O) groups is 2. The van der Waals surface area contributed by atoms with Crippen molar-refractivity contribution < 1.29 is 23.8 Å². The summed E-state index contributed by atoms with van der Waals surface area (Å²) < 4.78 is 15.7. The number of esters is 2. The zero-order chi connectivity index (χ0) is 16.4. The SMILES string of the molecule is COC(=O)/C1=C(\C(=O)OC)C2O/C(=C\C=C/C1)c1ccccc12. The molecule has 1 aromatic rings. The molecule has 5 heteroatoms. The first kappa shape index (κ1) is 15.1. The highest BCUT2D eigenvalue weighted by Crippen LogP contribution is 2.44. The summed E-state index contributed by atoms with van der Waals surface area (Å²) >= 11 is 0. The molecular weight excluding hydrogens is 296 g/mol. The van der Waals surface area contributed by atoms with Gasteiger partial charge in [0, 0.05) is 11.1 Å². The van der Waals surface area contributed by atoms with Gasteiger partial charge in [-0.2, -0.15) is 0 Å². The molecule has 3 rings (SSSR count). The molecule has 0 saturated carbocycles. The third-order valence-corrected chi connectivity index (χ3v) is 3.88. The molecule has 0 radical (unpaired) electrons. The molecular formula is C18H16O5. The molecule has 0 fully saturated rings. The van der Waals surface area contributed by atoms with Gasteiger partial charge < -0.3 is 14.2 Å². The van der Waals surface area contributed by atoms with Crippen molar-refractivity contribution in [1.82, 2.24) is 0 Å². The number of carbonyl (C=O) groups excluding carboxylic acids is 2. The Morgan fingerprint density at radius 3 is 2.61 bits per heavy atom. The molecule has 0 amide bonds. The van der Waals surface area contributed by atoms with Crippen molar-refractivity contribution in [2.45, 2.75) is 12.5 Å². The number of benzene rings is 1. The van der Waals surface area contributed by atoms with E-state index in [4.69, 9.17) is 14.2 Å².